The zero-order chi connectivity index (χ0) is 11.0. The summed E-state index contributed by atoms with van der Waals surface area (Å²) < 4.78 is 0. The van der Waals surface area contributed by atoms with Crippen LogP contribution in [0.1, 0.15) is 33.1 Å². The van der Waals surface area contributed by atoms with Gasteiger partial charge in [0, 0.05) is 24.3 Å². The fourth-order valence-corrected chi connectivity index (χ4v) is 1.56. The number of carbonyl (C=O) groups is 1. The van der Waals surface area contributed by atoms with Gasteiger partial charge in [-0.15, -0.1) is 0 Å². The van der Waals surface area contributed by atoms with Gasteiger partial charge in [-0.3, -0.25) is 4.79 Å². The highest BCUT2D eigenvalue weighted by Crippen LogP contribution is 2.14. The summed E-state index contributed by atoms with van der Waals surface area (Å²) in [4.78, 5) is 11.4. The molecular formula is C10H21NO2S. The summed E-state index contributed by atoms with van der Waals surface area (Å²) in [6, 6.07) is 0. The highest BCUT2D eigenvalue weighted by atomic mass is 32.2. The predicted molar refractivity (Wildman–Crippen MR) is 61.5 cm³/mol. The van der Waals surface area contributed by atoms with Gasteiger partial charge in [0.1, 0.15) is 0 Å². The van der Waals surface area contributed by atoms with Crippen molar-refractivity contribution in [2.24, 2.45) is 0 Å². The molecular weight excluding hydrogens is 198 g/mol. The Kier molecular flexibility index (Phi) is 7.01. The fourth-order valence-electron chi connectivity index (χ4n) is 1.17. The number of aliphatic hydroxyl groups is 1. The Morgan fingerprint density at radius 1 is 1.57 bits per heavy atom. The van der Waals surface area contributed by atoms with Crippen LogP contribution in [0.4, 0.5) is 0 Å². The molecule has 0 saturated heterocycles. The van der Waals surface area contributed by atoms with E-state index in [-0.39, 0.29) is 18.1 Å². The molecule has 0 aromatic rings. The van der Waals surface area contributed by atoms with Crippen LogP contribution in [0, 0.1) is 0 Å². The SMILES string of the molecule is CCC(C)(CCO)NC(=O)CCSC. The molecule has 0 aromatic heterocycles. The van der Waals surface area contributed by atoms with Crippen LogP contribution in [0.3, 0.4) is 0 Å². The molecule has 2 N–H and O–H groups in total. The minimum atomic E-state index is -0.246. The molecule has 0 aliphatic carbocycles. The van der Waals surface area contributed by atoms with Crippen LogP contribution in [-0.2, 0) is 4.79 Å². The van der Waals surface area contributed by atoms with E-state index < -0.39 is 0 Å². The first kappa shape index (κ1) is 13.8. The highest BCUT2D eigenvalue weighted by molar-refractivity contribution is 7.98. The Bertz CT molecular complexity index is 176. The lowest BCUT2D eigenvalue weighted by molar-refractivity contribution is -0.122. The van der Waals surface area contributed by atoms with Crippen molar-refractivity contribution in [1.29, 1.82) is 0 Å². The van der Waals surface area contributed by atoms with Crippen LogP contribution < -0.4 is 5.32 Å². The number of hydrogen-bond acceptors (Lipinski definition) is 3. The van der Waals surface area contributed by atoms with Gasteiger partial charge in [-0.2, -0.15) is 11.8 Å². The van der Waals surface area contributed by atoms with Crippen molar-refractivity contribution in [2.45, 2.75) is 38.6 Å². The van der Waals surface area contributed by atoms with Gasteiger partial charge in [0.05, 0.1) is 0 Å². The van der Waals surface area contributed by atoms with E-state index in [1.54, 1.807) is 11.8 Å². The van der Waals surface area contributed by atoms with E-state index >= 15 is 0 Å². The summed E-state index contributed by atoms with van der Waals surface area (Å²) in [5, 5.41) is 11.8. The number of rotatable bonds is 7. The predicted octanol–water partition coefficient (Wildman–Crippen LogP) is 1.41. The monoisotopic (exact) mass is 219 g/mol. The van der Waals surface area contributed by atoms with Crippen LogP contribution in [0.15, 0.2) is 0 Å². The molecule has 0 aliphatic rings. The average molecular weight is 219 g/mol. The van der Waals surface area contributed by atoms with E-state index in [9.17, 15) is 4.79 Å². The minimum absolute atomic E-state index is 0.0807. The van der Waals surface area contributed by atoms with Gasteiger partial charge < -0.3 is 10.4 Å². The number of thioether (sulfide) groups is 1. The first-order chi connectivity index (χ1) is 6.58. The van der Waals surface area contributed by atoms with E-state index in [2.05, 4.69) is 5.32 Å². The Balaban J connectivity index is 3.96. The van der Waals surface area contributed by atoms with Gasteiger partial charge in [0.15, 0.2) is 0 Å². The molecule has 0 rings (SSSR count). The molecule has 1 unspecified atom stereocenters. The number of aliphatic hydroxyl groups excluding tert-OH is 1. The molecule has 4 heteroatoms. The third-order valence-corrected chi connectivity index (χ3v) is 3.03. The summed E-state index contributed by atoms with van der Waals surface area (Å²) in [5.74, 6) is 0.933. The Morgan fingerprint density at radius 3 is 2.64 bits per heavy atom. The maximum Gasteiger partial charge on any atom is 0.221 e. The molecule has 0 heterocycles. The number of hydrogen-bond donors (Lipinski definition) is 2. The Hall–Kier alpha value is -0.220. The summed E-state index contributed by atoms with van der Waals surface area (Å²) in [6.45, 7) is 4.11. The maximum absolute atomic E-state index is 11.4. The van der Waals surface area contributed by atoms with Gasteiger partial charge in [0.25, 0.3) is 0 Å². The lowest BCUT2D eigenvalue weighted by Crippen LogP contribution is -2.46. The molecule has 0 saturated carbocycles. The van der Waals surface area contributed by atoms with Crippen molar-refractivity contribution in [3.05, 3.63) is 0 Å². The molecule has 0 spiro atoms. The van der Waals surface area contributed by atoms with Crippen LogP contribution in [0.2, 0.25) is 0 Å². The second kappa shape index (κ2) is 7.12. The second-order valence-electron chi connectivity index (χ2n) is 3.68. The zero-order valence-electron chi connectivity index (χ0n) is 9.30. The molecule has 84 valence electrons. The fraction of sp³-hybridized carbons (Fsp3) is 0.900. The van der Waals surface area contributed by atoms with Crippen molar-refractivity contribution in [3.8, 4) is 0 Å². The number of amides is 1. The molecule has 0 aliphatic heterocycles. The molecule has 0 fully saturated rings. The van der Waals surface area contributed by atoms with Crippen molar-refractivity contribution < 1.29 is 9.90 Å². The Labute approximate surface area is 90.7 Å². The molecule has 14 heavy (non-hydrogen) atoms. The largest absolute Gasteiger partial charge is 0.396 e. The number of carbonyl (C=O) groups excluding carboxylic acids is 1. The van der Waals surface area contributed by atoms with Gasteiger partial charge >= 0.3 is 0 Å². The summed E-state index contributed by atoms with van der Waals surface area (Å²) in [7, 11) is 0. The van der Waals surface area contributed by atoms with Crippen LogP contribution >= 0.6 is 11.8 Å². The van der Waals surface area contributed by atoms with E-state index in [1.807, 2.05) is 20.1 Å². The topological polar surface area (TPSA) is 49.3 Å². The minimum Gasteiger partial charge on any atom is -0.396 e. The third kappa shape index (κ3) is 5.50. The summed E-state index contributed by atoms with van der Waals surface area (Å²) in [5.41, 5.74) is -0.246. The highest BCUT2D eigenvalue weighted by Gasteiger charge is 2.22. The lowest BCUT2D eigenvalue weighted by Gasteiger charge is -2.28. The third-order valence-electron chi connectivity index (χ3n) is 2.42. The van der Waals surface area contributed by atoms with E-state index in [4.69, 9.17) is 5.11 Å². The van der Waals surface area contributed by atoms with Crippen molar-refractivity contribution in [3.63, 3.8) is 0 Å². The normalized spacial score (nSPS) is 14.9. The smallest absolute Gasteiger partial charge is 0.221 e. The average Bonchev–Trinajstić information content (AvgIpc) is 2.15. The van der Waals surface area contributed by atoms with E-state index in [0.717, 1.165) is 12.2 Å². The van der Waals surface area contributed by atoms with Crippen LogP contribution in [0.25, 0.3) is 0 Å². The Morgan fingerprint density at radius 2 is 2.21 bits per heavy atom. The standard InChI is InChI=1S/C10H21NO2S/c1-4-10(2,6-7-12)11-9(13)5-8-14-3/h12H,4-8H2,1-3H3,(H,11,13). The van der Waals surface area contributed by atoms with Gasteiger partial charge in [-0.05, 0) is 26.0 Å². The molecule has 0 radical (unpaired) electrons. The van der Waals surface area contributed by atoms with Crippen molar-refractivity contribution in [1.82, 2.24) is 5.32 Å². The van der Waals surface area contributed by atoms with E-state index in [0.29, 0.717) is 12.8 Å². The van der Waals surface area contributed by atoms with Crippen LogP contribution in [-0.4, -0.2) is 35.2 Å². The lowest BCUT2D eigenvalue weighted by atomic mass is 9.95. The zero-order valence-corrected chi connectivity index (χ0v) is 10.1. The van der Waals surface area contributed by atoms with Crippen molar-refractivity contribution in [2.75, 3.05) is 18.6 Å². The van der Waals surface area contributed by atoms with Gasteiger partial charge in [-0.1, -0.05) is 6.92 Å². The van der Waals surface area contributed by atoms with Crippen molar-refractivity contribution >= 4 is 17.7 Å². The second-order valence-corrected chi connectivity index (χ2v) is 4.66. The quantitative estimate of drug-likeness (QED) is 0.680. The van der Waals surface area contributed by atoms with Gasteiger partial charge in [0.2, 0.25) is 5.91 Å². The molecule has 3 nitrogen and oxygen atoms in total. The summed E-state index contributed by atoms with van der Waals surface area (Å²) >= 11 is 1.67. The first-order valence-corrected chi connectivity index (χ1v) is 6.38. The van der Waals surface area contributed by atoms with Crippen LogP contribution in [0.5, 0.6) is 0 Å². The summed E-state index contributed by atoms with van der Waals surface area (Å²) in [6.07, 6.45) is 4.01. The molecule has 0 aromatic carbocycles. The molecule has 1 amide bonds. The molecule has 0 bridgehead atoms. The van der Waals surface area contributed by atoms with Gasteiger partial charge in [-0.25, -0.2) is 0 Å². The molecule has 1 atom stereocenters. The maximum atomic E-state index is 11.4. The number of nitrogens with one attached hydrogen (secondary N) is 1. The first-order valence-electron chi connectivity index (χ1n) is 4.99. The van der Waals surface area contributed by atoms with E-state index in [1.165, 1.54) is 0 Å².